The van der Waals surface area contributed by atoms with Crippen LogP contribution in [0.5, 0.6) is 0 Å². The average molecular weight is 399 g/mol. The Morgan fingerprint density at radius 1 is 1.21 bits per heavy atom. The SMILES string of the molecule is Cc1onc(-c2ccccc2)c1-c1ccnc(N[C@@H]2CCN(S(C)(=O)=O)C2)n1. The fraction of sp³-hybridized carbons (Fsp3) is 0.316. The highest BCUT2D eigenvalue weighted by Crippen LogP contribution is 2.33. The minimum Gasteiger partial charge on any atom is -0.360 e. The van der Waals surface area contributed by atoms with Crippen LogP contribution in [0.15, 0.2) is 47.1 Å². The van der Waals surface area contributed by atoms with Gasteiger partial charge in [-0.15, -0.1) is 0 Å². The highest BCUT2D eigenvalue weighted by atomic mass is 32.2. The van der Waals surface area contributed by atoms with E-state index in [1.807, 2.05) is 43.3 Å². The molecule has 1 N–H and O–H groups in total. The number of hydrogen-bond acceptors (Lipinski definition) is 7. The van der Waals surface area contributed by atoms with Gasteiger partial charge in [-0.1, -0.05) is 35.5 Å². The molecule has 0 saturated carbocycles. The summed E-state index contributed by atoms with van der Waals surface area (Å²) in [6.07, 6.45) is 3.61. The molecule has 3 aromatic rings. The van der Waals surface area contributed by atoms with Crippen molar-refractivity contribution in [3.8, 4) is 22.5 Å². The van der Waals surface area contributed by atoms with Crippen LogP contribution >= 0.6 is 0 Å². The van der Waals surface area contributed by atoms with Crippen molar-refractivity contribution in [1.82, 2.24) is 19.4 Å². The molecule has 1 fully saturated rings. The van der Waals surface area contributed by atoms with Crippen LogP contribution in [0.2, 0.25) is 0 Å². The van der Waals surface area contributed by atoms with Crippen molar-refractivity contribution in [2.75, 3.05) is 24.7 Å². The third-order valence-electron chi connectivity index (χ3n) is 4.77. The van der Waals surface area contributed by atoms with Gasteiger partial charge in [0.15, 0.2) is 0 Å². The van der Waals surface area contributed by atoms with Crippen molar-refractivity contribution in [2.45, 2.75) is 19.4 Å². The molecule has 9 heteroatoms. The van der Waals surface area contributed by atoms with Crippen LogP contribution in [0.25, 0.3) is 22.5 Å². The summed E-state index contributed by atoms with van der Waals surface area (Å²) in [5.74, 6) is 1.13. The zero-order valence-corrected chi connectivity index (χ0v) is 16.5. The highest BCUT2D eigenvalue weighted by Gasteiger charge is 2.29. The van der Waals surface area contributed by atoms with Crippen LogP contribution in [-0.4, -0.2) is 53.2 Å². The van der Waals surface area contributed by atoms with Crippen molar-refractivity contribution in [3.05, 3.63) is 48.4 Å². The van der Waals surface area contributed by atoms with Gasteiger partial charge < -0.3 is 9.84 Å². The molecule has 1 aliphatic rings. The zero-order chi connectivity index (χ0) is 19.7. The van der Waals surface area contributed by atoms with Crippen LogP contribution in [0.4, 0.5) is 5.95 Å². The smallest absolute Gasteiger partial charge is 0.223 e. The van der Waals surface area contributed by atoms with E-state index in [-0.39, 0.29) is 6.04 Å². The minimum atomic E-state index is -3.18. The lowest BCUT2D eigenvalue weighted by Crippen LogP contribution is -2.31. The Bertz CT molecular complexity index is 1080. The lowest BCUT2D eigenvalue weighted by molar-refractivity contribution is 0.400. The van der Waals surface area contributed by atoms with Crippen molar-refractivity contribution in [2.24, 2.45) is 0 Å². The molecule has 0 radical (unpaired) electrons. The second-order valence-electron chi connectivity index (χ2n) is 6.84. The van der Waals surface area contributed by atoms with Gasteiger partial charge in [0.25, 0.3) is 0 Å². The van der Waals surface area contributed by atoms with Crippen LogP contribution < -0.4 is 5.32 Å². The van der Waals surface area contributed by atoms with Crippen molar-refractivity contribution >= 4 is 16.0 Å². The fourth-order valence-electron chi connectivity index (χ4n) is 3.36. The maximum Gasteiger partial charge on any atom is 0.223 e. The van der Waals surface area contributed by atoms with E-state index >= 15 is 0 Å². The van der Waals surface area contributed by atoms with Gasteiger partial charge in [0.1, 0.15) is 11.5 Å². The summed E-state index contributed by atoms with van der Waals surface area (Å²) in [5, 5.41) is 7.45. The highest BCUT2D eigenvalue weighted by molar-refractivity contribution is 7.88. The monoisotopic (exact) mass is 399 g/mol. The lowest BCUT2D eigenvalue weighted by Gasteiger charge is -2.14. The molecule has 8 nitrogen and oxygen atoms in total. The van der Waals surface area contributed by atoms with Gasteiger partial charge in [0.05, 0.1) is 17.5 Å². The predicted molar refractivity (Wildman–Crippen MR) is 106 cm³/mol. The molecule has 4 rings (SSSR count). The largest absolute Gasteiger partial charge is 0.360 e. The van der Waals surface area contributed by atoms with Gasteiger partial charge in [-0.25, -0.2) is 22.7 Å². The molecule has 0 amide bonds. The summed E-state index contributed by atoms with van der Waals surface area (Å²) < 4.78 is 30.3. The van der Waals surface area contributed by atoms with E-state index in [0.29, 0.717) is 36.9 Å². The standard InChI is InChI=1S/C19H21N5O3S/c1-13-17(18(23-27-13)14-6-4-3-5-7-14)16-8-10-20-19(22-16)21-15-9-11-24(12-15)28(2,25)26/h3-8,10,15H,9,11-12H2,1-2H3,(H,20,21,22)/t15-/m1/s1. The van der Waals surface area contributed by atoms with Crippen molar-refractivity contribution in [1.29, 1.82) is 0 Å². The summed E-state index contributed by atoms with van der Waals surface area (Å²) in [7, 11) is -3.18. The number of anilines is 1. The third kappa shape index (κ3) is 3.76. The predicted octanol–water partition coefficient (Wildman–Crippen LogP) is 2.55. The van der Waals surface area contributed by atoms with E-state index in [4.69, 9.17) is 4.52 Å². The van der Waals surface area contributed by atoms with Crippen molar-refractivity contribution in [3.63, 3.8) is 0 Å². The average Bonchev–Trinajstić information content (AvgIpc) is 3.29. The Kier molecular flexibility index (Phi) is 4.86. The van der Waals surface area contributed by atoms with Gasteiger partial charge in [-0.05, 0) is 19.4 Å². The summed E-state index contributed by atoms with van der Waals surface area (Å²) in [5.41, 5.74) is 3.20. The first kappa shape index (κ1) is 18.6. The fourth-order valence-corrected chi connectivity index (χ4v) is 4.25. The quantitative estimate of drug-likeness (QED) is 0.703. The number of aromatic nitrogens is 3. The molecular weight excluding hydrogens is 378 g/mol. The maximum absolute atomic E-state index is 11.7. The molecule has 0 aliphatic carbocycles. The van der Waals surface area contributed by atoms with Crippen LogP contribution in [0, 0.1) is 6.92 Å². The normalized spacial score (nSPS) is 17.7. The summed E-state index contributed by atoms with van der Waals surface area (Å²) in [4.78, 5) is 8.91. The molecule has 1 aromatic carbocycles. The van der Waals surface area contributed by atoms with E-state index < -0.39 is 10.0 Å². The molecule has 0 bridgehead atoms. The third-order valence-corrected chi connectivity index (χ3v) is 6.04. The Morgan fingerprint density at radius 3 is 2.71 bits per heavy atom. The molecule has 0 spiro atoms. The van der Waals surface area contributed by atoms with Gasteiger partial charge in [0.2, 0.25) is 16.0 Å². The molecule has 1 atom stereocenters. The molecule has 2 aromatic heterocycles. The molecule has 146 valence electrons. The maximum atomic E-state index is 11.7. The molecule has 0 unspecified atom stereocenters. The first-order valence-corrected chi connectivity index (χ1v) is 10.8. The van der Waals surface area contributed by atoms with Crippen LogP contribution in [0.3, 0.4) is 0 Å². The van der Waals surface area contributed by atoms with Crippen molar-refractivity contribution < 1.29 is 12.9 Å². The number of benzene rings is 1. The second kappa shape index (κ2) is 7.33. The van der Waals surface area contributed by atoms with E-state index in [0.717, 1.165) is 16.8 Å². The van der Waals surface area contributed by atoms with Crippen LogP contribution in [0.1, 0.15) is 12.2 Å². The Labute approximate surface area is 163 Å². The summed E-state index contributed by atoms with van der Waals surface area (Å²) in [6.45, 7) is 2.76. The molecular formula is C19H21N5O3S. The van der Waals surface area contributed by atoms with E-state index in [9.17, 15) is 8.42 Å². The Morgan fingerprint density at radius 2 is 2.00 bits per heavy atom. The number of rotatable bonds is 5. The number of nitrogens with zero attached hydrogens (tertiary/aromatic N) is 4. The van der Waals surface area contributed by atoms with Gasteiger partial charge >= 0.3 is 0 Å². The lowest BCUT2D eigenvalue weighted by atomic mass is 10.0. The van der Waals surface area contributed by atoms with Gasteiger partial charge in [-0.2, -0.15) is 0 Å². The Balaban J connectivity index is 1.60. The molecule has 1 saturated heterocycles. The number of nitrogens with one attached hydrogen (secondary N) is 1. The molecule has 1 aliphatic heterocycles. The topological polar surface area (TPSA) is 101 Å². The number of hydrogen-bond donors (Lipinski definition) is 1. The number of sulfonamides is 1. The molecule has 28 heavy (non-hydrogen) atoms. The first-order valence-electron chi connectivity index (χ1n) is 8.98. The molecule has 3 heterocycles. The van der Waals surface area contributed by atoms with E-state index in [2.05, 4.69) is 20.4 Å². The zero-order valence-electron chi connectivity index (χ0n) is 15.7. The van der Waals surface area contributed by atoms with E-state index in [1.165, 1.54) is 10.6 Å². The number of aryl methyl sites for hydroxylation is 1. The summed E-state index contributed by atoms with van der Waals surface area (Å²) in [6, 6.07) is 11.6. The summed E-state index contributed by atoms with van der Waals surface area (Å²) >= 11 is 0. The second-order valence-corrected chi connectivity index (χ2v) is 8.83. The van der Waals surface area contributed by atoms with Gasteiger partial charge in [-0.3, -0.25) is 0 Å². The van der Waals surface area contributed by atoms with Crippen LogP contribution in [-0.2, 0) is 10.0 Å². The van der Waals surface area contributed by atoms with E-state index in [1.54, 1.807) is 6.20 Å². The van der Waals surface area contributed by atoms with Gasteiger partial charge in [0, 0.05) is 30.9 Å². The first-order chi connectivity index (χ1) is 13.4. The minimum absolute atomic E-state index is 0.0258. The Hall–Kier alpha value is -2.78.